The van der Waals surface area contributed by atoms with E-state index in [2.05, 4.69) is 10.4 Å². The molecule has 0 saturated carbocycles. The van der Waals surface area contributed by atoms with E-state index in [1.165, 1.54) is 35.3 Å². The number of nitrogens with one attached hydrogen (secondary N) is 1. The molecule has 176 valence electrons. The smallest absolute Gasteiger partial charge is 0.352 e. The predicted molar refractivity (Wildman–Crippen MR) is 127 cm³/mol. The van der Waals surface area contributed by atoms with Crippen LogP contribution < -0.4 is 21.3 Å². The number of aryl methyl sites for hydroxylation is 1. The van der Waals surface area contributed by atoms with Crippen molar-refractivity contribution in [3.63, 3.8) is 0 Å². The van der Waals surface area contributed by atoms with E-state index in [9.17, 15) is 19.2 Å². The van der Waals surface area contributed by atoms with Gasteiger partial charge in [-0.15, -0.1) is 5.10 Å². The number of nitrogens with zero attached hydrogens (tertiary/aromatic N) is 4. The van der Waals surface area contributed by atoms with Gasteiger partial charge in [-0.2, -0.15) is 0 Å². The van der Waals surface area contributed by atoms with Gasteiger partial charge in [0.2, 0.25) is 5.78 Å². The number of benzene rings is 2. The monoisotopic (exact) mass is 463 g/mol. The van der Waals surface area contributed by atoms with Crippen molar-refractivity contribution in [2.24, 2.45) is 7.05 Å². The van der Waals surface area contributed by atoms with Crippen molar-refractivity contribution in [2.75, 3.05) is 7.11 Å². The van der Waals surface area contributed by atoms with Gasteiger partial charge in [0, 0.05) is 24.2 Å². The number of carbonyl (C=O) groups excluding carboxylic acids is 2. The van der Waals surface area contributed by atoms with Gasteiger partial charge in [-0.25, -0.2) is 13.9 Å². The molecule has 1 N–H and O–H groups in total. The Balaban J connectivity index is 1.83. The molecule has 0 fully saturated rings. The van der Waals surface area contributed by atoms with Gasteiger partial charge in [-0.1, -0.05) is 19.1 Å². The first kappa shape index (κ1) is 23.0. The molecule has 0 spiro atoms. The molecule has 0 radical (unpaired) electrons. The minimum absolute atomic E-state index is 0.0278. The van der Waals surface area contributed by atoms with Crippen molar-refractivity contribution >= 4 is 28.4 Å². The lowest BCUT2D eigenvalue weighted by Crippen LogP contribution is -2.32. The van der Waals surface area contributed by atoms with E-state index in [-0.39, 0.29) is 46.5 Å². The lowest BCUT2D eigenvalue weighted by atomic mass is 10.1. The first-order valence-electron chi connectivity index (χ1n) is 10.9. The number of fused-ring (bicyclic) bond motifs is 3. The average molecular weight is 463 g/mol. The van der Waals surface area contributed by atoms with Gasteiger partial charge < -0.3 is 10.1 Å². The van der Waals surface area contributed by atoms with Crippen LogP contribution in [0.5, 0.6) is 5.75 Å². The summed E-state index contributed by atoms with van der Waals surface area (Å²) in [5.74, 6) is -0.0590. The molecule has 0 bridgehead atoms. The van der Waals surface area contributed by atoms with Crippen molar-refractivity contribution in [1.29, 1.82) is 0 Å². The highest BCUT2D eigenvalue weighted by Gasteiger charge is 2.19. The van der Waals surface area contributed by atoms with Crippen LogP contribution in [0.2, 0.25) is 0 Å². The fourth-order valence-electron chi connectivity index (χ4n) is 3.67. The van der Waals surface area contributed by atoms with Gasteiger partial charge >= 0.3 is 5.69 Å². The Morgan fingerprint density at radius 3 is 2.59 bits per heavy atom. The lowest BCUT2D eigenvalue weighted by molar-refractivity contribution is 0.0937. The van der Waals surface area contributed by atoms with E-state index < -0.39 is 5.69 Å². The van der Waals surface area contributed by atoms with E-state index >= 15 is 0 Å². The molecule has 2 heterocycles. The molecular weight excluding hydrogens is 438 g/mol. The summed E-state index contributed by atoms with van der Waals surface area (Å²) in [6.07, 6.45) is 0.762. The molecule has 0 aliphatic rings. The minimum Gasteiger partial charge on any atom is -0.497 e. The number of rotatable bonds is 7. The Kier molecular flexibility index (Phi) is 6.06. The third-order valence-electron chi connectivity index (χ3n) is 5.83. The summed E-state index contributed by atoms with van der Waals surface area (Å²) in [4.78, 5) is 51.6. The first-order chi connectivity index (χ1) is 16.2. The summed E-state index contributed by atoms with van der Waals surface area (Å²) in [7, 11) is 3.00. The van der Waals surface area contributed by atoms with E-state index in [1.807, 2.05) is 13.8 Å². The molecule has 1 amide bonds. The molecule has 10 heteroatoms. The third kappa shape index (κ3) is 3.98. The normalized spacial score (nSPS) is 12.1. The summed E-state index contributed by atoms with van der Waals surface area (Å²) in [5.41, 5.74) is -0.0283. The number of aromatic nitrogens is 4. The molecule has 0 aliphatic carbocycles. The molecule has 10 nitrogen and oxygen atoms in total. The molecule has 2 aromatic carbocycles. The Morgan fingerprint density at radius 2 is 1.88 bits per heavy atom. The Hall–Kier alpha value is -4.21. The number of hydrogen-bond acceptors (Lipinski definition) is 6. The number of Topliss-reactive ketones (excluding diaryl/α,β-unsaturated/α-hetero) is 1. The van der Waals surface area contributed by atoms with Crippen LogP contribution in [0.15, 0.2) is 52.1 Å². The summed E-state index contributed by atoms with van der Waals surface area (Å²) >= 11 is 0. The van der Waals surface area contributed by atoms with Crippen molar-refractivity contribution in [3.8, 4) is 5.75 Å². The highest BCUT2D eigenvalue weighted by Crippen LogP contribution is 2.15. The van der Waals surface area contributed by atoms with Crippen LogP contribution >= 0.6 is 0 Å². The maximum absolute atomic E-state index is 13.3. The molecule has 0 aliphatic heterocycles. The van der Waals surface area contributed by atoms with Crippen LogP contribution in [-0.4, -0.2) is 43.6 Å². The summed E-state index contributed by atoms with van der Waals surface area (Å²) < 4.78 is 8.66. The number of carbonyl (C=O) groups is 2. The maximum Gasteiger partial charge on any atom is 0.352 e. The predicted octanol–water partition coefficient (Wildman–Crippen LogP) is 1.77. The Morgan fingerprint density at radius 1 is 1.12 bits per heavy atom. The van der Waals surface area contributed by atoms with Crippen molar-refractivity contribution in [3.05, 3.63) is 74.4 Å². The molecule has 34 heavy (non-hydrogen) atoms. The number of methoxy groups -OCH3 is 1. The van der Waals surface area contributed by atoms with Crippen LogP contribution in [0.4, 0.5) is 0 Å². The van der Waals surface area contributed by atoms with Crippen LogP contribution in [-0.2, 0) is 13.6 Å². The Labute approximate surface area is 194 Å². The van der Waals surface area contributed by atoms with Gasteiger partial charge in [0.15, 0.2) is 5.78 Å². The SMILES string of the molecule is CCC(C)NC(=O)c1ccc2c(=O)n(C)c3nn(CC(=O)c4cccc(OC)c4)c(=O)n3c2c1. The van der Waals surface area contributed by atoms with Crippen LogP contribution in [0, 0.1) is 0 Å². The second-order valence-electron chi connectivity index (χ2n) is 8.11. The first-order valence-corrected chi connectivity index (χ1v) is 10.9. The molecule has 1 unspecified atom stereocenters. The quantitative estimate of drug-likeness (QED) is 0.418. The van der Waals surface area contributed by atoms with Crippen molar-refractivity contribution < 1.29 is 14.3 Å². The zero-order valence-electron chi connectivity index (χ0n) is 19.4. The van der Waals surface area contributed by atoms with Gasteiger partial charge in [0.25, 0.3) is 11.5 Å². The second-order valence-corrected chi connectivity index (χ2v) is 8.11. The van der Waals surface area contributed by atoms with E-state index in [4.69, 9.17) is 4.74 Å². The van der Waals surface area contributed by atoms with E-state index in [0.29, 0.717) is 16.9 Å². The minimum atomic E-state index is -0.591. The number of ketones is 1. The van der Waals surface area contributed by atoms with Gasteiger partial charge in [0.05, 0.1) is 18.0 Å². The van der Waals surface area contributed by atoms with Crippen LogP contribution in [0.25, 0.3) is 16.7 Å². The molecular formula is C24H25N5O5. The largest absolute Gasteiger partial charge is 0.497 e. The molecule has 4 rings (SSSR count). The standard InChI is InChI=1S/C24H25N5O5/c1-5-14(2)25-21(31)16-9-10-18-19(12-16)29-23(27(3)22(18)32)26-28(24(29)33)13-20(30)15-7-6-8-17(11-15)34-4/h6-12,14H,5,13H2,1-4H3,(H,25,31). The highest BCUT2D eigenvalue weighted by molar-refractivity contribution is 5.98. The van der Waals surface area contributed by atoms with Crippen molar-refractivity contribution in [1.82, 2.24) is 24.1 Å². The molecule has 0 saturated heterocycles. The van der Waals surface area contributed by atoms with Gasteiger partial charge in [-0.05, 0) is 43.7 Å². The van der Waals surface area contributed by atoms with Gasteiger partial charge in [-0.3, -0.25) is 19.0 Å². The number of amides is 1. The van der Waals surface area contributed by atoms with Crippen LogP contribution in [0.1, 0.15) is 41.0 Å². The van der Waals surface area contributed by atoms with Gasteiger partial charge in [0.1, 0.15) is 12.3 Å². The molecule has 4 aromatic rings. The highest BCUT2D eigenvalue weighted by atomic mass is 16.5. The van der Waals surface area contributed by atoms with Crippen LogP contribution in [0.3, 0.4) is 0 Å². The van der Waals surface area contributed by atoms with E-state index in [0.717, 1.165) is 11.1 Å². The van der Waals surface area contributed by atoms with E-state index in [1.54, 1.807) is 30.3 Å². The van der Waals surface area contributed by atoms with Crippen molar-refractivity contribution in [2.45, 2.75) is 32.9 Å². The average Bonchev–Trinajstić information content (AvgIpc) is 3.17. The summed E-state index contributed by atoms with van der Waals surface area (Å²) in [5, 5.41) is 7.38. The summed E-state index contributed by atoms with van der Waals surface area (Å²) in [6.45, 7) is 3.53. The zero-order valence-corrected chi connectivity index (χ0v) is 19.4. The third-order valence-corrected chi connectivity index (χ3v) is 5.83. The fraction of sp³-hybridized carbons (Fsp3) is 0.292. The topological polar surface area (TPSA) is 117 Å². The maximum atomic E-state index is 13.3. The lowest BCUT2D eigenvalue weighted by Gasteiger charge is -2.12. The molecule has 1 atom stereocenters. The zero-order chi connectivity index (χ0) is 24.6. The number of ether oxygens (including phenoxy) is 1. The fourth-order valence-corrected chi connectivity index (χ4v) is 3.67. The second kappa shape index (κ2) is 8.97. The number of hydrogen-bond donors (Lipinski definition) is 1. The molecule has 2 aromatic heterocycles. The Bertz CT molecular complexity index is 1550. The summed E-state index contributed by atoms with van der Waals surface area (Å²) in [6, 6.07) is 11.1.